The van der Waals surface area contributed by atoms with Gasteiger partial charge in [-0.1, -0.05) is 30.3 Å². The van der Waals surface area contributed by atoms with Gasteiger partial charge in [-0.15, -0.1) is 0 Å². The van der Waals surface area contributed by atoms with E-state index in [9.17, 15) is 0 Å². The minimum Gasteiger partial charge on any atom is -0.382 e. The summed E-state index contributed by atoms with van der Waals surface area (Å²) in [6.07, 6.45) is 2.76. The van der Waals surface area contributed by atoms with Crippen molar-refractivity contribution in [3.05, 3.63) is 36.5 Å². The molecule has 0 radical (unpaired) electrons. The molecule has 0 saturated heterocycles. The van der Waals surface area contributed by atoms with Gasteiger partial charge in [0.1, 0.15) is 0 Å². The monoisotopic (exact) mass is 216 g/mol. The quantitative estimate of drug-likeness (QED) is 0.668. The van der Waals surface area contributed by atoms with E-state index in [1.807, 2.05) is 18.2 Å². The van der Waals surface area contributed by atoms with Gasteiger partial charge in [-0.25, -0.2) is 0 Å². The second-order valence-corrected chi connectivity index (χ2v) is 3.59. The van der Waals surface area contributed by atoms with E-state index in [4.69, 9.17) is 5.73 Å². The average Bonchev–Trinajstić information content (AvgIpc) is 2.79. The number of nitrogens with one attached hydrogen (secondary N) is 2. The third kappa shape index (κ3) is 2.41. The lowest BCUT2D eigenvalue weighted by atomic mass is 10.1. The molecule has 0 unspecified atom stereocenters. The zero-order valence-electron chi connectivity index (χ0n) is 9.11. The van der Waals surface area contributed by atoms with Crippen molar-refractivity contribution in [3.8, 4) is 11.3 Å². The molecular formula is C12H16N4. The zero-order chi connectivity index (χ0) is 11.2. The highest BCUT2D eigenvalue weighted by atomic mass is 15.1. The minimum absolute atomic E-state index is 0.700. The van der Waals surface area contributed by atoms with Gasteiger partial charge in [0, 0.05) is 12.1 Å². The number of hydrogen-bond acceptors (Lipinski definition) is 3. The molecule has 0 atom stereocenters. The van der Waals surface area contributed by atoms with E-state index in [-0.39, 0.29) is 0 Å². The Kier molecular flexibility index (Phi) is 3.56. The summed E-state index contributed by atoms with van der Waals surface area (Å²) in [5.41, 5.74) is 8.64. The molecule has 4 nitrogen and oxygen atoms in total. The Hall–Kier alpha value is -1.81. The van der Waals surface area contributed by atoms with Gasteiger partial charge in [-0.3, -0.25) is 5.10 Å². The molecule has 1 heterocycles. The standard InChI is InChI=1S/C12H16N4/c13-7-4-8-14-11-9-15-16-12(11)10-5-2-1-3-6-10/h1-3,5-6,9,14H,4,7-8,13H2,(H,15,16). The lowest BCUT2D eigenvalue weighted by Gasteiger charge is -2.05. The molecule has 4 heteroatoms. The molecule has 0 amide bonds. The Labute approximate surface area is 94.9 Å². The van der Waals surface area contributed by atoms with E-state index in [2.05, 4.69) is 27.6 Å². The topological polar surface area (TPSA) is 66.7 Å². The molecule has 0 bridgehead atoms. The number of hydrogen-bond donors (Lipinski definition) is 3. The van der Waals surface area contributed by atoms with Crippen molar-refractivity contribution in [1.29, 1.82) is 0 Å². The summed E-state index contributed by atoms with van der Waals surface area (Å²) >= 11 is 0. The molecular weight excluding hydrogens is 200 g/mol. The highest BCUT2D eigenvalue weighted by Crippen LogP contribution is 2.24. The number of anilines is 1. The maximum atomic E-state index is 5.45. The molecule has 0 aliphatic heterocycles. The number of rotatable bonds is 5. The number of aromatic amines is 1. The normalized spacial score (nSPS) is 10.3. The van der Waals surface area contributed by atoms with Crippen LogP contribution in [0.15, 0.2) is 36.5 Å². The molecule has 1 aromatic carbocycles. The minimum atomic E-state index is 0.700. The molecule has 2 rings (SSSR count). The van der Waals surface area contributed by atoms with Crippen LogP contribution < -0.4 is 11.1 Å². The van der Waals surface area contributed by atoms with Gasteiger partial charge in [0.05, 0.1) is 17.6 Å². The third-order valence-electron chi connectivity index (χ3n) is 2.40. The second kappa shape index (κ2) is 5.32. The first kappa shape index (κ1) is 10.7. The lowest BCUT2D eigenvalue weighted by Crippen LogP contribution is -2.08. The largest absolute Gasteiger partial charge is 0.382 e. The van der Waals surface area contributed by atoms with Crippen molar-refractivity contribution in [3.63, 3.8) is 0 Å². The maximum absolute atomic E-state index is 5.45. The summed E-state index contributed by atoms with van der Waals surface area (Å²) in [6.45, 7) is 1.57. The van der Waals surface area contributed by atoms with E-state index in [0.717, 1.165) is 29.9 Å². The number of benzene rings is 1. The number of H-pyrrole nitrogens is 1. The summed E-state index contributed by atoms with van der Waals surface area (Å²) in [7, 11) is 0. The molecule has 0 aliphatic rings. The fourth-order valence-corrected chi connectivity index (χ4v) is 1.57. The van der Waals surface area contributed by atoms with Crippen LogP contribution >= 0.6 is 0 Å². The van der Waals surface area contributed by atoms with Crippen LogP contribution in [0.2, 0.25) is 0 Å². The van der Waals surface area contributed by atoms with Crippen molar-refractivity contribution in [2.75, 3.05) is 18.4 Å². The fraction of sp³-hybridized carbons (Fsp3) is 0.250. The summed E-state index contributed by atoms with van der Waals surface area (Å²) < 4.78 is 0. The van der Waals surface area contributed by atoms with Crippen LogP contribution in [0.1, 0.15) is 6.42 Å². The van der Waals surface area contributed by atoms with Gasteiger partial charge < -0.3 is 11.1 Å². The molecule has 84 valence electrons. The van der Waals surface area contributed by atoms with Crippen LogP contribution in [-0.2, 0) is 0 Å². The second-order valence-electron chi connectivity index (χ2n) is 3.59. The molecule has 0 saturated carbocycles. The Morgan fingerprint density at radius 2 is 2.06 bits per heavy atom. The van der Waals surface area contributed by atoms with E-state index in [0.29, 0.717) is 6.54 Å². The molecule has 1 aromatic heterocycles. The van der Waals surface area contributed by atoms with Gasteiger partial charge in [-0.2, -0.15) is 5.10 Å². The fourth-order valence-electron chi connectivity index (χ4n) is 1.57. The van der Waals surface area contributed by atoms with Crippen LogP contribution in [0.3, 0.4) is 0 Å². The molecule has 16 heavy (non-hydrogen) atoms. The Bertz CT molecular complexity index is 422. The first-order valence-electron chi connectivity index (χ1n) is 5.44. The Morgan fingerprint density at radius 3 is 2.81 bits per heavy atom. The highest BCUT2D eigenvalue weighted by Gasteiger charge is 2.05. The molecule has 0 fully saturated rings. The van der Waals surface area contributed by atoms with E-state index in [1.54, 1.807) is 6.20 Å². The van der Waals surface area contributed by atoms with Crippen LogP contribution in [0, 0.1) is 0 Å². The van der Waals surface area contributed by atoms with E-state index in [1.165, 1.54) is 0 Å². The number of nitrogens with two attached hydrogens (primary N) is 1. The summed E-state index contributed by atoms with van der Waals surface area (Å²) in [5, 5.41) is 10.4. The summed E-state index contributed by atoms with van der Waals surface area (Å²) in [5.74, 6) is 0. The van der Waals surface area contributed by atoms with Crippen molar-refractivity contribution < 1.29 is 0 Å². The smallest absolute Gasteiger partial charge is 0.0882 e. The SMILES string of the molecule is NCCCNc1cn[nH]c1-c1ccccc1. The van der Waals surface area contributed by atoms with Crippen LogP contribution in [-0.4, -0.2) is 23.3 Å². The predicted molar refractivity (Wildman–Crippen MR) is 66.2 cm³/mol. The Morgan fingerprint density at radius 1 is 1.25 bits per heavy atom. The van der Waals surface area contributed by atoms with Crippen molar-refractivity contribution >= 4 is 5.69 Å². The van der Waals surface area contributed by atoms with Crippen LogP contribution in [0.5, 0.6) is 0 Å². The van der Waals surface area contributed by atoms with Crippen molar-refractivity contribution in [2.45, 2.75) is 6.42 Å². The van der Waals surface area contributed by atoms with Crippen molar-refractivity contribution in [1.82, 2.24) is 10.2 Å². The summed E-state index contributed by atoms with van der Waals surface area (Å²) in [4.78, 5) is 0. The molecule has 4 N–H and O–H groups in total. The van der Waals surface area contributed by atoms with Gasteiger partial charge >= 0.3 is 0 Å². The van der Waals surface area contributed by atoms with E-state index < -0.39 is 0 Å². The lowest BCUT2D eigenvalue weighted by molar-refractivity contribution is 0.875. The van der Waals surface area contributed by atoms with Crippen LogP contribution in [0.25, 0.3) is 11.3 Å². The maximum Gasteiger partial charge on any atom is 0.0882 e. The van der Waals surface area contributed by atoms with Gasteiger partial charge in [-0.05, 0) is 13.0 Å². The molecule has 0 aliphatic carbocycles. The molecule has 2 aromatic rings. The van der Waals surface area contributed by atoms with Gasteiger partial charge in [0.25, 0.3) is 0 Å². The first-order chi connectivity index (χ1) is 7.92. The highest BCUT2D eigenvalue weighted by molar-refractivity contribution is 5.73. The summed E-state index contributed by atoms with van der Waals surface area (Å²) in [6, 6.07) is 10.1. The molecule has 0 spiro atoms. The average molecular weight is 216 g/mol. The van der Waals surface area contributed by atoms with Crippen LogP contribution in [0.4, 0.5) is 5.69 Å². The zero-order valence-corrected chi connectivity index (χ0v) is 9.11. The van der Waals surface area contributed by atoms with E-state index >= 15 is 0 Å². The van der Waals surface area contributed by atoms with Gasteiger partial charge in [0.15, 0.2) is 0 Å². The number of aromatic nitrogens is 2. The van der Waals surface area contributed by atoms with Gasteiger partial charge in [0.2, 0.25) is 0 Å². The first-order valence-corrected chi connectivity index (χ1v) is 5.44. The number of nitrogens with zero attached hydrogens (tertiary/aromatic N) is 1. The predicted octanol–water partition coefficient (Wildman–Crippen LogP) is 1.84. The Balaban J connectivity index is 2.13. The van der Waals surface area contributed by atoms with Crippen molar-refractivity contribution in [2.24, 2.45) is 5.73 Å². The third-order valence-corrected chi connectivity index (χ3v) is 2.40.